The molecule has 0 aliphatic heterocycles. The minimum absolute atomic E-state index is 0. The molecule has 0 spiro atoms. The minimum atomic E-state index is 0. The highest BCUT2D eigenvalue weighted by atomic mass is 35.5. The first kappa shape index (κ1) is 9.89. The Labute approximate surface area is 51.9 Å². The first-order chi connectivity index (χ1) is 2.41. The maximum absolute atomic E-state index is 4.30. The second kappa shape index (κ2) is 9.22. The van der Waals surface area contributed by atoms with Crippen LogP contribution in [0.25, 0.3) is 0 Å². The van der Waals surface area contributed by atoms with Crippen molar-refractivity contribution in [2.45, 2.75) is 6.92 Å². The van der Waals surface area contributed by atoms with Gasteiger partial charge in [-0.1, -0.05) is 0 Å². The van der Waals surface area contributed by atoms with Crippen LogP contribution in [0.5, 0.6) is 0 Å². The van der Waals surface area contributed by atoms with E-state index in [2.05, 4.69) is 8.83 Å². The van der Waals surface area contributed by atoms with Crippen molar-refractivity contribution in [2.24, 2.45) is 0 Å². The van der Waals surface area contributed by atoms with Crippen molar-refractivity contribution < 1.29 is 8.83 Å². The number of hydrogen-bond donors (Lipinski definition) is 0. The molecule has 2 radical (unpaired) electrons. The van der Waals surface area contributed by atoms with Crippen molar-refractivity contribution >= 4 is 29.0 Å². The Morgan fingerprint density at radius 2 is 2.17 bits per heavy atom. The predicted octanol–water partition coefficient (Wildman–Crippen LogP) is 0.460. The molecule has 0 N–H and O–H groups in total. The highest BCUT2D eigenvalue weighted by molar-refractivity contribution is 5.97. The van der Waals surface area contributed by atoms with E-state index < -0.39 is 0 Å². The van der Waals surface area contributed by atoms with Crippen molar-refractivity contribution in [3.8, 4) is 0 Å². The van der Waals surface area contributed by atoms with Crippen LogP contribution in [0, 0.1) is 0 Å². The minimum Gasteiger partial charge on any atom is -0.398 e. The van der Waals surface area contributed by atoms with E-state index in [1.807, 2.05) is 23.5 Å². The molecule has 2 nitrogen and oxygen atoms in total. The highest BCUT2D eigenvalue weighted by Crippen LogP contribution is 1.63. The summed E-state index contributed by atoms with van der Waals surface area (Å²) in [5.41, 5.74) is 0. The average Bonchev–Trinajstić information content (AvgIpc) is 1.41. The Kier molecular flexibility index (Phi) is 15.2. The summed E-state index contributed by atoms with van der Waals surface area (Å²) in [5, 5.41) is 0. The Morgan fingerprint density at radius 1 is 1.67 bits per heavy atom. The molecule has 0 aromatic heterocycles. The lowest BCUT2D eigenvalue weighted by molar-refractivity contribution is -0.198. The smallest absolute Gasteiger partial charge is 0.398 e. The molecule has 0 saturated heterocycles. The molecular weight excluding hydrogens is 118 g/mol. The van der Waals surface area contributed by atoms with E-state index in [9.17, 15) is 0 Å². The van der Waals surface area contributed by atoms with Gasteiger partial charge < -0.3 is 3.94 Å². The van der Waals surface area contributed by atoms with Gasteiger partial charge in [0.2, 0.25) is 0 Å². The summed E-state index contributed by atoms with van der Waals surface area (Å²) in [7, 11) is 0. The molecule has 0 amide bonds. The molecule has 6 heavy (non-hydrogen) atoms. The molecule has 0 unspecified atom stereocenters. The Hall–Kier alpha value is 0.742. The van der Waals surface area contributed by atoms with Gasteiger partial charge in [0.1, 0.15) is 0 Å². The molecule has 0 aromatic carbocycles. The van der Waals surface area contributed by atoms with Crippen LogP contribution in [-0.2, 0) is 8.83 Å². The SMILES string of the molecule is CCO[O][Al].Cl. The molecule has 0 saturated carbocycles. The third-order valence-electron chi connectivity index (χ3n) is 0.186. The van der Waals surface area contributed by atoms with E-state index in [-0.39, 0.29) is 12.4 Å². The molecule has 0 heterocycles. The molecule has 0 atom stereocenters. The van der Waals surface area contributed by atoms with E-state index in [1.54, 1.807) is 0 Å². The summed E-state index contributed by atoms with van der Waals surface area (Å²) >= 11 is 1.98. The van der Waals surface area contributed by atoms with Gasteiger partial charge >= 0.3 is 16.6 Å². The lowest BCUT2D eigenvalue weighted by Crippen LogP contribution is -1.85. The van der Waals surface area contributed by atoms with Gasteiger partial charge in [0.05, 0.1) is 6.61 Å². The maximum atomic E-state index is 4.30. The molecule has 4 heteroatoms. The van der Waals surface area contributed by atoms with Gasteiger partial charge in [-0.05, 0) is 6.92 Å². The molecule has 0 bridgehead atoms. The molecular formula is C2H6AlClO2. The zero-order valence-electron chi connectivity index (χ0n) is 3.51. The summed E-state index contributed by atoms with van der Waals surface area (Å²) in [6.45, 7) is 2.45. The number of halogens is 1. The van der Waals surface area contributed by atoms with Crippen molar-refractivity contribution in [3.63, 3.8) is 0 Å². The lowest BCUT2D eigenvalue weighted by atomic mass is 10.9. The zero-order chi connectivity index (χ0) is 4.12. The van der Waals surface area contributed by atoms with Crippen LogP contribution in [0.4, 0.5) is 0 Å². The van der Waals surface area contributed by atoms with E-state index in [0.29, 0.717) is 6.61 Å². The fourth-order valence-electron chi connectivity index (χ4n) is 0.0680. The van der Waals surface area contributed by atoms with Gasteiger partial charge in [-0.25, -0.2) is 0 Å². The Balaban J connectivity index is 0. The van der Waals surface area contributed by atoms with Gasteiger partial charge in [0.25, 0.3) is 0 Å². The van der Waals surface area contributed by atoms with Crippen LogP contribution in [0.3, 0.4) is 0 Å². The highest BCUT2D eigenvalue weighted by Gasteiger charge is 1.63. The van der Waals surface area contributed by atoms with Crippen LogP contribution in [0.2, 0.25) is 0 Å². The van der Waals surface area contributed by atoms with Crippen molar-refractivity contribution in [2.75, 3.05) is 6.61 Å². The van der Waals surface area contributed by atoms with E-state index >= 15 is 0 Å². The second-order valence-corrected chi connectivity index (χ2v) is 0.695. The summed E-state index contributed by atoms with van der Waals surface area (Å²) < 4.78 is 4.11. The number of hydrogen-bond acceptors (Lipinski definition) is 2. The van der Waals surface area contributed by atoms with E-state index in [4.69, 9.17) is 0 Å². The summed E-state index contributed by atoms with van der Waals surface area (Å²) in [5.74, 6) is 0. The van der Waals surface area contributed by atoms with E-state index in [0.717, 1.165) is 0 Å². The maximum Gasteiger partial charge on any atom is 0.436 e. The third kappa shape index (κ3) is 8.83. The zero-order valence-corrected chi connectivity index (χ0v) is 5.48. The summed E-state index contributed by atoms with van der Waals surface area (Å²) in [6.07, 6.45) is 0. The number of rotatable bonds is 2. The van der Waals surface area contributed by atoms with Crippen molar-refractivity contribution in [3.05, 3.63) is 0 Å². The summed E-state index contributed by atoms with van der Waals surface area (Å²) in [4.78, 5) is 4.30. The third-order valence-corrected chi connectivity index (χ3v) is 0.322. The standard InChI is InChI=1S/C2H6O2.Al.ClH/c1-2-4-3;;/h3H,2H2,1H3;;1H/q;+1;/p-1. The monoisotopic (exact) mass is 124 g/mol. The largest absolute Gasteiger partial charge is 0.436 e. The van der Waals surface area contributed by atoms with Gasteiger partial charge in [0.15, 0.2) is 0 Å². The average molecular weight is 125 g/mol. The van der Waals surface area contributed by atoms with E-state index in [1.165, 1.54) is 0 Å². The van der Waals surface area contributed by atoms with Gasteiger partial charge in [-0.3, -0.25) is 4.89 Å². The van der Waals surface area contributed by atoms with Gasteiger partial charge in [0, 0.05) is 0 Å². The van der Waals surface area contributed by atoms with Crippen LogP contribution in [-0.4, -0.2) is 23.2 Å². The first-order valence-corrected chi connectivity index (χ1v) is 1.87. The summed E-state index contributed by atoms with van der Waals surface area (Å²) in [6, 6.07) is 0. The Morgan fingerprint density at radius 3 is 2.17 bits per heavy atom. The predicted molar refractivity (Wildman–Crippen MR) is 25.7 cm³/mol. The molecule has 36 valence electrons. The molecule has 0 aliphatic carbocycles. The van der Waals surface area contributed by atoms with Gasteiger partial charge in [-0.2, -0.15) is 0 Å². The molecule has 0 rings (SSSR count). The first-order valence-electron chi connectivity index (χ1n) is 1.40. The second-order valence-electron chi connectivity index (χ2n) is 0.503. The normalized spacial score (nSPS) is 6.83. The fourth-order valence-corrected chi connectivity index (χ4v) is 0.204. The molecule has 0 fully saturated rings. The Bertz CT molecular complexity index is 19.0. The van der Waals surface area contributed by atoms with Crippen LogP contribution >= 0.6 is 12.4 Å². The quantitative estimate of drug-likeness (QED) is 0.303. The van der Waals surface area contributed by atoms with Crippen molar-refractivity contribution in [1.29, 1.82) is 0 Å². The van der Waals surface area contributed by atoms with Crippen molar-refractivity contribution in [1.82, 2.24) is 0 Å². The molecule has 0 aromatic rings. The van der Waals surface area contributed by atoms with Crippen LogP contribution < -0.4 is 0 Å². The van der Waals surface area contributed by atoms with Crippen LogP contribution in [0.1, 0.15) is 6.92 Å². The van der Waals surface area contributed by atoms with Gasteiger partial charge in [-0.15, -0.1) is 12.4 Å². The molecule has 0 aliphatic rings. The van der Waals surface area contributed by atoms with Crippen LogP contribution in [0.15, 0.2) is 0 Å². The fraction of sp³-hybridized carbons (Fsp3) is 1.00. The topological polar surface area (TPSA) is 18.5 Å². The lowest BCUT2D eigenvalue weighted by Gasteiger charge is -1.90.